The van der Waals surface area contributed by atoms with E-state index in [2.05, 4.69) is 15.3 Å². The van der Waals surface area contributed by atoms with Crippen molar-refractivity contribution in [1.82, 2.24) is 14.4 Å². The highest BCUT2D eigenvalue weighted by atomic mass is 16.3. The molecule has 0 aliphatic heterocycles. The van der Waals surface area contributed by atoms with Gasteiger partial charge in [-0.05, 0) is 38.1 Å². The van der Waals surface area contributed by atoms with Crippen LogP contribution in [-0.2, 0) is 0 Å². The lowest BCUT2D eigenvalue weighted by Gasteiger charge is -2.13. The molecule has 8 heteroatoms. The van der Waals surface area contributed by atoms with Crippen molar-refractivity contribution in [3.63, 3.8) is 0 Å². The number of fused-ring (bicyclic) bond motifs is 1. The highest BCUT2D eigenvalue weighted by Gasteiger charge is 2.18. The minimum Gasteiger partial charge on any atom is -0.472 e. The van der Waals surface area contributed by atoms with Gasteiger partial charge in [-0.1, -0.05) is 0 Å². The number of aryl methyl sites for hydroxylation is 2. The number of imidazole rings is 1. The van der Waals surface area contributed by atoms with E-state index in [9.17, 15) is 4.79 Å². The number of nitrogen functional groups attached to an aromatic ring is 1. The Morgan fingerprint density at radius 3 is 2.86 bits per heavy atom. The third-order valence-corrected chi connectivity index (χ3v) is 4.60. The number of carbonyl (C=O) groups is 1. The fraction of sp³-hybridized carbons (Fsp3) is 0.100. The zero-order valence-corrected chi connectivity index (χ0v) is 15.4. The molecule has 4 rings (SSSR count). The number of nitrogens with zero attached hydrogens (tertiary/aromatic N) is 3. The first-order valence-electron chi connectivity index (χ1n) is 8.57. The standard InChI is InChI=1S/C20H18N6O2/c1-11-18(12(2)26-10-23-8-17(26)24-11)20(27)25-14-3-4-16(21)15(7-14)19(22)13-5-6-28-9-13/h3-10,22H,21H2,1-2H3,(H,25,27). The Hall–Kier alpha value is -3.94. The van der Waals surface area contributed by atoms with Crippen LogP contribution in [0.3, 0.4) is 0 Å². The summed E-state index contributed by atoms with van der Waals surface area (Å²) in [5, 5.41) is 11.2. The molecule has 0 fully saturated rings. The lowest BCUT2D eigenvalue weighted by atomic mass is 10.0. The number of hydrogen-bond donors (Lipinski definition) is 3. The number of amides is 1. The van der Waals surface area contributed by atoms with Crippen molar-refractivity contribution in [2.75, 3.05) is 11.1 Å². The van der Waals surface area contributed by atoms with Gasteiger partial charge in [0, 0.05) is 28.2 Å². The molecule has 0 atom stereocenters. The van der Waals surface area contributed by atoms with Crippen molar-refractivity contribution in [3.8, 4) is 0 Å². The Morgan fingerprint density at radius 1 is 1.29 bits per heavy atom. The van der Waals surface area contributed by atoms with Crippen molar-refractivity contribution in [3.05, 3.63) is 77.4 Å². The van der Waals surface area contributed by atoms with Gasteiger partial charge in [0.05, 0.1) is 35.7 Å². The maximum absolute atomic E-state index is 12.9. The number of hydrogen-bond acceptors (Lipinski definition) is 6. The SMILES string of the molecule is Cc1nc2cncn2c(C)c1C(=O)Nc1ccc(N)c(C(=N)c2ccoc2)c1. The summed E-state index contributed by atoms with van der Waals surface area (Å²) in [7, 11) is 0. The maximum Gasteiger partial charge on any atom is 0.259 e. The van der Waals surface area contributed by atoms with Crippen LogP contribution in [0.15, 0.2) is 53.7 Å². The Morgan fingerprint density at radius 2 is 2.11 bits per heavy atom. The van der Waals surface area contributed by atoms with Crippen LogP contribution in [0.5, 0.6) is 0 Å². The number of nitrogens with one attached hydrogen (secondary N) is 2. The van der Waals surface area contributed by atoms with Gasteiger partial charge < -0.3 is 15.5 Å². The van der Waals surface area contributed by atoms with E-state index < -0.39 is 0 Å². The second-order valence-electron chi connectivity index (χ2n) is 6.42. The van der Waals surface area contributed by atoms with Gasteiger partial charge in [-0.3, -0.25) is 14.6 Å². The average Bonchev–Trinajstić information content (AvgIpc) is 3.34. The molecule has 0 saturated carbocycles. The highest BCUT2D eigenvalue weighted by Crippen LogP contribution is 2.23. The van der Waals surface area contributed by atoms with Gasteiger partial charge in [-0.15, -0.1) is 0 Å². The van der Waals surface area contributed by atoms with Crippen molar-refractivity contribution >= 4 is 28.6 Å². The first kappa shape index (κ1) is 17.5. The van der Waals surface area contributed by atoms with E-state index in [0.717, 1.165) is 5.69 Å². The normalized spacial score (nSPS) is 10.9. The van der Waals surface area contributed by atoms with E-state index >= 15 is 0 Å². The van der Waals surface area contributed by atoms with Gasteiger partial charge in [0.15, 0.2) is 5.65 Å². The first-order chi connectivity index (χ1) is 13.5. The zero-order chi connectivity index (χ0) is 19.8. The lowest BCUT2D eigenvalue weighted by Crippen LogP contribution is -2.18. The van der Waals surface area contributed by atoms with Gasteiger partial charge in [0.2, 0.25) is 0 Å². The van der Waals surface area contributed by atoms with Crippen molar-refractivity contribution in [1.29, 1.82) is 5.41 Å². The fourth-order valence-corrected chi connectivity index (χ4v) is 3.17. The van der Waals surface area contributed by atoms with Gasteiger partial charge in [0.25, 0.3) is 5.91 Å². The summed E-state index contributed by atoms with van der Waals surface area (Å²) in [6.45, 7) is 3.64. The molecule has 3 heterocycles. The van der Waals surface area contributed by atoms with E-state index in [1.165, 1.54) is 12.5 Å². The molecule has 28 heavy (non-hydrogen) atoms. The van der Waals surface area contributed by atoms with Crippen LogP contribution in [0.4, 0.5) is 11.4 Å². The molecule has 4 N–H and O–H groups in total. The molecule has 0 spiro atoms. The molecule has 140 valence electrons. The van der Waals surface area contributed by atoms with Gasteiger partial charge in [0.1, 0.15) is 6.33 Å². The van der Waals surface area contributed by atoms with Gasteiger partial charge in [-0.2, -0.15) is 0 Å². The molecule has 0 bridgehead atoms. The quantitative estimate of drug-likeness (QED) is 0.374. The van der Waals surface area contributed by atoms with Crippen LogP contribution in [0.1, 0.15) is 32.9 Å². The zero-order valence-electron chi connectivity index (χ0n) is 15.4. The predicted octanol–water partition coefficient (Wildman–Crippen LogP) is 3.19. The topological polar surface area (TPSA) is 122 Å². The Bertz CT molecular complexity index is 1210. The number of anilines is 2. The molecular formula is C20H18N6O2. The minimum atomic E-state index is -0.288. The lowest BCUT2D eigenvalue weighted by molar-refractivity contribution is 0.102. The van der Waals surface area contributed by atoms with Crippen molar-refractivity contribution in [2.24, 2.45) is 0 Å². The molecule has 0 aliphatic carbocycles. The Balaban J connectivity index is 1.67. The minimum absolute atomic E-state index is 0.219. The smallest absolute Gasteiger partial charge is 0.259 e. The Labute approximate surface area is 160 Å². The van der Waals surface area contributed by atoms with Crippen LogP contribution in [0.2, 0.25) is 0 Å². The molecule has 1 amide bonds. The van der Waals surface area contributed by atoms with Crippen molar-refractivity contribution in [2.45, 2.75) is 13.8 Å². The largest absolute Gasteiger partial charge is 0.472 e. The molecule has 0 unspecified atom stereocenters. The monoisotopic (exact) mass is 374 g/mol. The van der Waals surface area contributed by atoms with Crippen LogP contribution in [0, 0.1) is 19.3 Å². The second kappa shape index (κ2) is 6.66. The maximum atomic E-state index is 12.9. The molecule has 4 aromatic rings. The summed E-state index contributed by atoms with van der Waals surface area (Å²) in [5.74, 6) is -0.288. The highest BCUT2D eigenvalue weighted by molar-refractivity contribution is 6.14. The van der Waals surface area contributed by atoms with E-state index in [-0.39, 0.29) is 11.6 Å². The van der Waals surface area contributed by atoms with E-state index in [4.69, 9.17) is 15.6 Å². The molecule has 3 aromatic heterocycles. The summed E-state index contributed by atoms with van der Waals surface area (Å²) in [5.41, 5.74) is 10.9. The number of nitrogens with two attached hydrogens (primary N) is 1. The molecule has 1 aromatic carbocycles. The summed E-state index contributed by atoms with van der Waals surface area (Å²) in [6.07, 6.45) is 6.25. The third kappa shape index (κ3) is 2.90. The molecule has 0 aliphatic rings. The predicted molar refractivity (Wildman–Crippen MR) is 106 cm³/mol. The molecule has 0 saturated heterocycles. The number of aromatic nitrogens is 3. The van der Waals surface area contributed by atoms with E-state index in [1.807, 2.05) is 6.92 Å². The van der Waals surface area contributed by atoms with Crippen LogP contribution < -0.4 is 11.1 Å². The van der Waals surface area contributed by atoms with Crippen LogP contribution in [0.25, 0.3) is 5.65 Å². The van der Waals surface area contributed by atoms with Crippen LogP contribution in [-0.4, -0.2) is 26.0 Å². The number of rotatable bonds is 4. The summed E-state index contributed by atoms with van der Waals surface area (Å²) in [4.78, 5) is 21.4. The number of benzene rings is 1. The average molecular weight is 374 g/mol. The number of furan rings is 1. The molecule has 8 nitrogen and oxygen atoms in total. The third-order valence-electron chi connectivity index (χ3n) is 4.60. The van der Waals surface area contributed by atoms with Gasteiger partial charge in [-0.25, -0.2) is 9.97 Å². The van der Waals surface area contributed by atoms with E-state index in [1.54, 1.807) is 48.1 Å². The summed E-state index contributed by atoms with van der Waals surface area (Å²) in [6, 6.07) is 6.73. The molecule has 0 radical (unpaired) electrons. The second-order valence-corrected chi connectivity index (χ2v) is 6.42. The van der Waals surface area contributed by atoms with Crippen LogP contribution >= 0.6 is 0 Å². The fourth-order valence-electron chi connectivity index (χ4n) is 3.17. The van der Waals surface area contributed by atoms with Gasteiger partial charge >= 0.3 is 0 Å². The first-order valence-corrected chi connectivity index (χ1v) is 8.57. The number of carbonyl (C=O) groups excluding carboxylic acids is 1. The summed E-state index contributed by atoms with van der Waals surface area (Å²) >= 11 is 0. The molecular weight excluding hydrogens is 356 g/mol. The Kier molecular flexibility index (Phi) is 4.15. The summed E-state index contributed by atoms with van der Waals surface area (Å²) < 4.78 is 6.81. The van der Waals surface area contributed by atoms with E-state index in [0.29, 0.717) is 39.4 Å². The van der Waals surface area contributed by atoms with Crippen molar-refractivity contribution < 1.29 is 9.21 Å².